The number of urea groups is 1. The number of carbonyl (C=O) groups is 2. The van der Waals surface area contributed by atoms with E-state index in [1.807, 2.05) is 0 Å². The van der Waals surface area contributed by atoms with E-state index < -0.39 is 28.7 Å². The largest absolute Gasteiger partial charge is 0.427 e. The van der Waals surface area contributed by atoms with Crippen LogP contribution in [0.2, 0.25) is 0 Å². The number of nitrogens with one attached hydrogen (secondary N) is 3. The van der Waals surface area contributed by atoms with Crippen LogP contribution in [-0.4, -0.2) is 36.2 Å². The Morgan fingerprint density at radius 2 is 1.86 bits per heavy atom. The van der Waals surface area contributed by atoms with Crippen molar-refractivity contribution in [2.75, 3.05) is 23.8 Å². The summed E-state index contributed by atoms with van der Waals surface area (Å²) >= 11 is 0.358. The number of carbonyl (C=O) groups excluding carboxylic acids is 2. The van der Waals surface area contributed by atoms with Gasteiger partial charge in [0, 0.05) is 24.5 Å². The summed E-state index contributed by atoms with van der Waals surface area (Å²) in [4.78, 5) is 26.4. The molecule has 0 unspecified atom stereocenters. The van der Waals surface area contributed by atoms with Gasteiger partial charge in [-0.1, -0.05) is 0 Å². The van der Waals surface area contributed by atoms with Gasteiger partial charge < -0.3 is 20.7 Å². The van der Waals surface area contributed by atoms with E-state index in [9.17, 15) is 22.8 Å². The second-order valence-corrected chi connectivity index (χ2v) is 6.88. The smallest absolute Gasteiger partial charge is 0.376 e. The molecule has 1 saturated heterocycles. The van der Waals surface area contributed by atoms with Gasteiger partial charge in [-0.3, -0.25) is 4.79 Å². The Morgan fingerprint density at radius 1 is 1.18 bits per heavy atom. The van der Waals surface area contributed by atoms with Crippen molar-refractivity contribution in [3.05, 3.63) is 40.3 Å². The number of hydrogen-bond donors (Lipinski definition) is 3. The SMILES string of the molecule is O=C(NC[C@H]1CCCO1)Nc1ccc(NC(=O)c2ncsc2C(F)(F)F)cc1. The summed E-state index contributed by atoms with van der Waals surface area (Å²) in [6, 6.07) is 5.57. The minimum absolute atomic E-state index is 0.0237. The summed E-state index contributed by atoms with van der Waals surface area (Å²) in [6.07, 6.45) is -2.73. The van der Waals surface area contributed by atoms with Gasteiger partial charge in [0.2, 0.25) is 0 Å². The van der Waals surface area contributed by atoms with E-state index in [2.05, 4.69) is 20.9 Å². The molecule has 1 aromatic heterocycles. The third kappa shape index (κ3) is 5.20. The lowest BCUT2D eigenvalue weighted by Gasteiger charge is -2.12. The average Bonchev–Trinajstić information content (AvgIpc) is 3.33. The van der Waals surface area contributed by atoms with Crippen molar-refractivity contribution in [1.82, 2.24) is 10.3 Å². The lowest BCUT2D eigenvalue weighted by atomic mass is 10.2. The Labute approximate surface area is 162 Å². The van der Waals surface area contributed by atoms with Crippen molar-refractivity contribution in [2.24, 2.45) is 0 Å². The lowest BCUT2D eigenvalue weighted by Crippen LogP contribution is -2.35. The molecule has 0 spiro atoms. The topological polar surface area (TPSA) is 92.4 Å². The van der Waals surface area contributed by atoms with E-state index >= 15 is 0 Å². The fourth-order valence-electron chi connectivity index (χ4n) is 2.62. The van der Waals surface area contributed by atoms with Gasteiger partial charge in [0.1, 0.15) is 4.88 Å². The quantitative estimate of drug-likeness (QED) is 0.695. The second-order valence-electron chi connectivity index (χ2n) is 6.03. The van der Waals surface area contributed by atoms with Crippen molar-refractivity contribution < 1.29 is 27.5 Å². The molecule has 3 rings (SSSR count). The number of ether oxygens (including phenoxy) is 1. The van der Waals surface area contributed by atoms with Crippen LogP contribution in [0, 0.1) is 0 Å². The molecule has 1 aliphatic heterocycles. The molecular weight excluding hydrogens is 397 g/mol. The summed E-state index contributed by atoms with van der Waals surface area (Å²) < 4.78 is 44.0. The normalized spacial score (nSPS) is 16.6. The molecule has 2 heterocycles. The molecule has 1 fully saturated rings. The molecule has 7 nitrogen and oxygen atoms in total. The third-order valence-corrected chi connectivity index (χ3v) is 4.83. The zero-order valence-corrected chi connectivity index (χ0v) is 15.3. The number of halogens is 3. The van der Waals surface area contributed by atoms with Gasteiger partial charge >= 0.3 is 12.2 Å². The van der Waals surface area contributed by atoms with E-state index in [0.29, 0.717) is 30.2 Å². The van der Waals surface area contributed by atoms with Gasteiger partial charge in [-0.2, -0.15) is 13.2 Å². The van der Waals surface area contributed by atoms with Crippen molar-refractivity contribution in [3.8, 4) is 0 Å². The minimum atomic E-state index is -4.64. The molecule has 1 aromatic carbocycles. The van der Waals surface area contributed by atoms with Crippen molar-refractivity contribution >= 4 is 34.6 Å². The summed E-state index contributed by atoms with van der Waals surface area (Å²) in [5.41, 5.74) is 1.04. The maximum atomic E-state index is 12.9. The predicted octanol–water partition coefficient (Wildman–Crippen LogP) is 3.71. The first-order valence-corrected chi connectivity index (χ1v) is 9.29. The van der Waals surface area contributed by atoms with Crippen molar-refractivity contribution in [2.45, 2.75) is 25.1 Å². The van der Waals surface area contributed by atoms with Crippen LogP contribution in [0.4, 0.5) is 29.3 Å². The van der Waals surface area contributed by atoms with Crippen LogP contribution in [0.15, 0.2) is 29.8 Å². The van der Waals surface area contributed by atoms with Crippen molar-refractivity contribution in [1.29, 1.82) is 0 Å². The first-order chi connectivity index (χ1) is 13.3. The van der Waals surface area contributed by atoms with Crippen LogP contribution in [-0.2, 0) is 10.9 Å². The van der Waals surface area contributed by atoms with Crippen molar-refractivity contribution in [3.63, 3.8) is 0 Å². The summed E-state index contributed by atoms with van der Waals surface area (Å²) in [7, 11) is 0. The van der Waals surface area contributed by atoms with Crippen LogP contribution in [0.1, 0.15) is 28.2 Å². The number of alkyl halides is 3. The molecule has 0 bridgehead atoms. The highest BCUT2D eigenvalue weighted by Crippen LogP contribution is 2.35. The van der Waals surface area contributed by atoms with Crippen LogP contribution >= 0.6 is 11.3 Å². The van der Waals surface area contributed by atoms with E-state index in [1.54, 1.807) is 0 Å². The van der Waals surface area contributed by atoms with Gasteiger partial charge in [-0.15, -0.1) is 11.3 Å². The number of aromatic nitrogens is 1. The second kappa shape index (κ2) is 8.57. The van der Waals surface area contributed by atoms with Crippen LogP contribution in [0.25, 0.3) is 0 Å². The summed E-state index contributed by atoms with van der Waals surface area (Å²) in [5, 5.41) is 7.69. The zero-order valence-electron chi connectivity index (χ0n) is 14.5. The third-order valence-electron chi connectivity index (χ3n) is 3.95. The Bertz CT molecular complexity index is 833. The number of nitrogens with zero attached hydrogens (tertiary/aromatic N) is 1. The predicted molar refractivity (Wildman–Crippen MR) is 97.5 cm³/mol. The van der Waals surface area contributed by atoms with E-state index in [1.165, 1.54) is 24.3 Å². The minimum Gasteiger partial charge on any atom is -0.376 e. The van der Waals surface area contributed by atoms with E-state index in [4.69, 9.17) is 4.74 Å². The molecule has 3 N–H and O–H groups in total. The molecule has 150 valence electrons. The number of thiazole rings is 1. The zero-order chi connectivity index (χ0) is 20.1. The monoisotopic (exact) mass is 414 g/mol. The Hall–Kier alpha value is -2.66. The molecule has 0 radical (unpaired) electrons. The number of amides is 3. The molecule has 1 aliphatic rings. The standard InChI is InChI=1S/C17H17F3N4O3S/c18-17(19,20)14-13(22-9-28-14)15(25)23-10-3-5-11(6-4-10)24-16(26)21-8-12-2-1-7-27-12/h3-6,9,12H,1-2,7-8H2,(H,23,25)(H2,21,24,26)/t12-/m1/s1. The highest BCUT2D eigenvalue weighted by Gasteiger charge is 2.38. The summed E-state index contributed by atoms with van der Waals surface area (Å²) in [5.74, 6) is -0.955. The molecule has 0 saturated carbocycles. The van der Waals surface area contributed by atoms with Gasteiger partial charge in [0.15, 0.2) is 5.69 Å². The van der Waals surface area contributed by atoms with Gasteiger partial charge in [0.25, 0.3) is 5.91 Å². The molecule has 0 aliphatic carbocycles. The highest BCUT2D eigenvalue weighted by atomic mass is 32.1. The first kappa shape index (κ1) is 20.1. The lowest BCUT2D eigenvalue weighted by molar-refractivity contribution is -0.134. The highest BCUT2D eigenvalue weighted by molar-refractivity contribution is 7.10. The number of anilines is 2. The van der Waals surface area contributed by atoms with E-state index in [0.717, 1.165) is 18.4 Å². The fourth-order valence-corrected chi connectivity index (χ4v) is 3.28. The first-order valence-electron chi connectivity index (χ1n) is 8.41. The molecule has 1 atom stereocenters. The molecule has 3 amide bonds. The van der Waals surface area contributed by atoms with Crippen LogP contribution < -0.4 is 16.0 Å². The molecular formula is C17H17F3N4O3S. The number of hydrogen-bond acceptors (Lipinski definition) is 5. The van der Waals surface area contributed by atoms with Crippen LogP contribution in [0.5, 0.6) is 0 Å². The molecule has 28 heavy (non-hydrogen) atoms. The molecule has 11 heteroatoms. The Balaban J connectivity index is 1.53. The molecule has 2 aromatic rings. The fraction of sp³-hybridized carbons (Fsp3) is 0.353. The average molecular weight is 414 g/mol. The Morgan fingerprint density at radius 3 is 2.46 bits per heavy atom. The van der Waals surface area contributed by atoms with Gasteiger partial charge in [-0.25, -0.2) is 9.78 Å². The Kier molecular flexibility index (Phi) is 6.15. The van der Waals surface area contributed by atoms with Gasteiger partial charge in [0.05, 0.1) is 11.6 Å². The maximum absolute atomic E-state index is 12.9. The van der Waals surface area contributed by atoms with Crippen LogP contribution in [0.3, 0.4) is 0 Å². The maximum Gasteiger partial charge on any atom is 0.427 e. The van der Waals surface area contributed by atoms with Gasteiger partial charge in [-0.05, 0) is 37.1 Å². The summed E-state index contributed by atoms with van der Waals surface area (Å²) in [6.45, 7) is 1.11. The van der Waals surface area contributed by atoms with E-state index in [-0.39, 0.29) is 11.8 Å². The number of benzene rings is 1. The number of rotatable bonds is 5.